The van der Waals surface area contributed by atoms with Crippen LogP contribution in [0.4, 0.5) is 4.39 Å². The second kappa shape index (κ2) is 6.83. The number of fused-ring (bicyclic) bond motifs is 1. The van der Waals surface area contributed by atoms with Crippen molar-refractivity contribution in [3.05, 3.63) is 47.0 Å². The molecule has 0 unspecified atom stereocenters. The number of nitrogens with zero attached hydrogens (tertiary/aromatic N) is 3. The second-order valence-corrected chi connectivity index (χ2v) is 6.11. The zero-order valence-corrected chi connectivity index (χ0v) is 13.6. The Bertz CT molecular complexity index is 789. The summed E-state index contributed by atoms with van der Waals surface area (Å²) in [5, 5.41) is 16.1. The molecule has 1 aromatic carbocycles. The minimum absolute atomic E-state index is 0.224. The average Bonchev–Trinajstić information content (AvgIpc) is 2.95. The molecule has 0 bridgehead atoms. The van der Waals surface area contributed by atoms with Crippen LogP contribution in [0.3, 0.4) is 0 Å². The lowest BCUT2D eigenvalue weighted by Crippen LogP contribution is -2.33. The first-order valence-electron chi connectivity index (χ1n) is 8.14. The van der Waals surface area contributed by atoms with E-state index in [0.29, 0.717) is 5.69 Å². The predicted octanol–water partition coefficient (Wildman–Crippen LogP) is 2.92. The van der Waals surface area contributed by atoms with Crippen molar-refractivity contribution in [1.82, 2.24) is 15.1 Å². The van der Waals surface area contributed by atoms with Crippen LogP contribution in [0.5, 0.6) is 0 Å². The lowest BCUT2D eigenvalue weighted by molar-refractivity contribution is 0.0934. The van der Waals surface area contributed by atoms with E-state index in [1.807, 2.05) is 6.07 Å². The largest absolute Gasteiger partial charge is 0.347 e. The highest BCUT2D eigenvalue weighted by atomic mass is 19.1. The molecule has 1 aliphatic rings. The molecule has 0 spiro atoms. The van der Waals surface area contributed by atoms with Gasteiger partial charge in [-0.2, -0.15) is 10.4 Å². The molecule has 0 fully saturated rings. The summed E-state index contributed by atoms with van der Waals surface area (Å²) >= 11 is 0. The van der Waals surface area contributed by atoms with Crippen molar-refractivity contribution in [1.29, 1.82) is 5.26 Å². The SMILES string of the molecule is C[C@H](CC#N)NC(=O)c1nn(-c2ccc(F)cc2)c2c1CCCC2. The summed E-state index contributed by atoms with van der Waals surface area (Å²) in [6.07, 6.45) is 3.99. The van der Waals surface area contributed by atoms with E-state index in [1.54, 1.807) is 23.7 Å². The van der Waals surface area contributed by atoms with Gasteiger partial charge in [0, 0.05) is 17.3 Å². The molecule has 0 radical (unpaired) electrons. The van der Waals surface area contributed by atoms with Crippen molar-refractivity contribution < 1.29 is 9.18 Å². The fraction of sp³-hybridized carbons (Fsp3) is 0.389. The summed E-state index contributed by atoms with van der Waals surface area (Å²) in [4.78, 5) is 12.5. The minimum atomic E-state index is -0.303. The van der Waals surface area contributed by atoms with Crippen molar-refractivity contribution in [2.75, 3.05) is 0 Å². The molecule has 1 aliphatic carbocycles. The summed E-state index contributed by atoms with van der Waals surface area (Å²) < 4.78 is 14.9. The number of amides is 1. The van der Waals surface area contributed by atoms with E-state index in [0.717, 1.165) is 42.6 Å². The third-order valence-electron chi connectivity index (χ3n) is 4.24. The van der Waals surface area contributed by atoms with E-state index in [4.69, 9.17) is 5.26 Å². The fourth-order valence-corrected chi connectivity index (χ4v) is 3.06. The van der Waals surface area contributed by atoms with Crippen LogP contribution in [0.25, 0.3) is 5.69 Å². The molecule has 24 heavy (non-hydrogen) atoms. The van der Waals surface area contributed by atoms with Gasteiger partial charge in [-0.25, -0.2) is 9.07 Å². The highest BCUT2D eigenvalue weighted by molar-refractivity contribution is 5.94. The maximum absolute atomic E-state index is 13.2. The van der Waals surface area contributed by atoms with Crippen LogP contribution in [0.15, 0.2) is 24.3 Å². The molecule has 0 aliphatic heterocycles. The first-order chi connectivity index (χ1) is 11.6. The molecule has 1 heterocycles. The summed E-state index contributed by atoms with van der Waals surface area (Å²) in [7, 11) is 0. The lowest BCUT2D eigenvalue weighted by atomic mass is 9.95. The molecule has 1 aromatic heterocycles. The minimum Gasteiger partial charge on any atom is -0.347 e. The zero-order valence-electron chi connectivity index (χ0n) is 13.6. The average molecular weight is 326 g/mol. The van der Waals surface area contributed by atoms with Crippen molar-refractivity contribution in [2.24, 2.45) is 0 Å². The maximum atomic E-state index is 13.2. The van der Waals surface area contributed by atoms with Gasteiger partial charge in [-0.15, -0.1) is 0 Å². The molecule has 2 aromatic rings. The van der Waals surface area contributed by atoms with Gasteiger partial charge in [-0.1, -0.05) is 0 Å². The first-order valence-corrected chi connectivity index (χ1v) is 8.14. The summed E-state index contributed by atoms with van der Waals surface area (Å²) in [5.74, 6) is -0.556. The van der Waals surface area contributed by atoms with Crippen LogP contribution in [0.1, 0.15) is 47.9 Å². The maximum Gasteiger partial charge on any atom is 0.272 e. The van der Waals surface area contributed by atoms with Gasteiger partial charge in [0.25, 0.3) is 5.91 Å². The normalized spacial score (nSPS) is 14.5. The lowest BCUT2D eigenvalue weighted by Gasteiger charge is -2.14. The Morgan fingerprint density at radius 2 is 2.08 bits per heavy atom. The number of carbonyl (C=O) groups excluding carboxylic acids is 1. The van der Waals surface area contributed by atoms with Crippen LogP contribution in [0, 0.1) is 17.1 Å². The molecule has 6 heteroatoms. The van der Waals surface area contributed by atoms with Crippen LogP contribution in [0.2, 0.25) is 0 Å². The van der Waals surface area contributed by atoms with E-state index < -0.39 is 0 Å². The Balaban J connectivity index is 1.97. The predicted molar refractivity (Wildman–Crippen MR) is 87.3 cm³/mol. The Morgan fingerprint density at radius 3 is 2.79 bits per heavy atom. The van der Waals surface area contributed by atoms with E-state index in [-0.39, 0.29) is 24.2 Å². The number of aromatic nitrogens is 2. The highest BCUT2D eigenvalue weighted by Crippen LogP contribution is 2.27. The Hall–Kier alpha value is -2.68. The monoisotopic (exact) mass is 326 g/mol. The Labute approximate surface area is 140 Å². The van der Waals surface area contributed by atoms with Gasteiger partial charge < -0.3 is 5.32 Å². The Morgan fingerprint density at radius 1 is 1.38 bits per heavy atom. The number of hydrogen-bond acceptors (Lipinski definition) is 3. The van der Waals surface area contributed by atoms with Crippen molar-refractivity contribution >= 4 is 5.91 Å². The molecule has 124 valence electrons. The van der Waals surface area contributed by atoms with Gasteiger partial charge >= 0.3 is 0 Å². The third-order valence-corrected chi connectivity index (χ3v) is 4.24. The summed E-state index contributed by atoms with van der Waals surface area (Å²) in [6.45, 7) is 1.80. The van der Waals surface area contributed by atoms with Crippen LogP contribution in [-0.4, -0.2) is 21.7 Å². The summed E-state index contributed by atoms with van der Waals surface area (Å²) in [6, 6.07) is 7.93. The molecule has 3 rings (SSSR count). The molecule has 5 nitrogen and oxygen atoms in total. The molecule has 0 saturated heterocycles. The smallest absolute Gasteiger partial charge is 0.272 e. The van der Waals surface area contributed by atoms with Gasteiger partial charge in [0.2, 0.25) is 0 Å². The van der Waals surface area contributed by atoms with Crippen molar-refractivity contribution in [3.63, 3.8) is 0 Å². The van der Waals surface area contributed by atoms with Crippen molar-refractivity contribution in [3.8, 4) is 11.8 Å². The van der Waals surface area contributed by atoms with Crippen LogP contribution in [-0.2, 0) is 12.8 Å². The number of hydrogen-bond donors (Lipinski definition) is 1. The van der Waals surface area contributed by atoms with Gasteiger partial charge in [0.05, 0.1) is 18.2 Å². The molecular formula is C18H19FN4O. The number of halogens is 1. The van der Waals surface area contributed by atoms with Crippen LogP contribution >= 0.6 is 0 Å². The molecule has 1 atom stereocenters. The Kier molecular flexibility index (Phi) is 4.61. The summed E-state index contributed by atoms with van der Waals surface area (Å²) in [5.41, 5.74) is 3.15. The van der Waals surface area contributed by atoms with Crippen molar-refractivity contribution in [2.45, 2.75) is 45.1 Å². The molecular weight excluding hydrogens is 307 g/mol. The fourth-order valence-electron chi connectivity index (χ4n) is 3.06. The number of rotatable bonds is 4. The van der Waals surface area contributed by atoms with Gasteiger partial charge in [-0.05, 0) is 56.9 Å². The third kappa shape index (κ3) is 3.16. The molecule has 1 amide bonds. The molecule has 0 saturated carbocycles. The standard InChI is InChI=1S/C18H19FN4O/c1-12(10-11-20)21-18(24)17-15-4-2-3-5-16(15)23(22-17)14-8-6-13(19)7-9-14/h6-9,12H,2-5,10H2,1H3,(H,21,24)/t12-/m1/s1. The van der Waals surface area contributed by atoms with E-state index in [9.17, 15) is 9.18 Å². The number of nitrogens with one attached hydrogen (secondary N) is 1. The first kappa shape index (κ1) is 16.2. The van der Waals surface area contributed by atoms with Crippen LogP contribution < -0.4 is 5.32 Å². The van der Waals surface area contributed by atoms with E-state index in [1.165, 1.54) is 12.1 Å². The second-order valence-electron chi connectivity index (χ2n) is 6.11. The van der Waals surface area contributed by atoms with E-state index in [2.05, 4.69) is 10.4 Å². The van der Waals surface area contributed by atoms with Gasteiger partial charge in [0.15, 0.2) is 5.69 Å². The topological polar surface area (TPSA) is 70.7 Å². The quantitative estimate of drug-likeness (QED) is 0.939. The number of carbonyl (C=O) groups is 1. The number of nitriles is 1. The van der Waals surface area contributed by atoms with Gasteiger partial charge in [-0.3, -0.25) is 4.79 Å². The van der Waals surface area contributed by atoms with Gasteiger partial charge in [0.1, 0.15) is 5.82 Å². The zero-order chi connectivity index (χ0) is 17.1. The number of benzene rings is 1. The highest BCUT2D eigenvalue weighted by Gasteiger charge is 2.26. The molecule has 1 N–H and O–H groups in total. The van der Waals surface area contributed by atoms with E-state index >= 15 is 0 Å².